The molecule has 0 saturated heterocycles. The molecule has 0 spiro atoms. The van der Waals surface area contributed by atoms with E-state index < -0.39 is 12.0 Å². The molecular formula is C12H14Br2N2O3. The fourth-order valence-corrected chi connectivity index (χ4v) is 2.95. The molecule has 5 nitrogen and oxygen atoms in total. The van der Waals surface area contributed by atoms with Crippen LogP contribution in [0.3, 0.4) is 0 Å². The summed E-state index contributed by atoms with van der Waals surface area (Å²) in [5.41, 5.74) is 1.68. The molecule has 0 aliphatic heterocycles. The zero-order chi connectivity index (χ0) is 14.6. The van der Waals surface area contributed by atoms with Crippen molar-refractivity contribution in [2.75, 3.05) is 11.9 Å². The number of carboxylic acid groups (broad SMARTS) is 1. The molecule has 0 saturated carbocycles. The number of hydrogen-bond donors (Lipinski definition) is 3. The lowest BCUT2D eigenvalue weighted by Gasteiger charge is -2.12. The van der Waals surface area contributed by atoms with Crippen LogP contribution in [-0.2, 0) is 9.59 Å². The number of carbonyl (C=O) groups excluding carboxylic acids is 1. The zero-order valence-corrected chi connectivity index (χ0v) is 13.6. The second-order valence-electron chi connectivity index (χ2n) is 4.09. The first-order chi connectivity index (χ1) is 8.81. The van der Waals surface area contributed by atoms with Gasteiger partial charge in [0.2, 0.25) is 5.91 Å². The smallest absolute Gasteiger partial charge is 0.320 e. The summed E-state index contributed by atoms with van der Waals surface area (Å²) in [7, 11) is 0. The maximum absolute atomic E-state index is 11.7. The number of halogens is 2. The topological polar surface area (TPSA) is 78.4 Å². The van der Waals surface area contributed by atoms with Crippen molar-refractivity contribution in [1.29, 1.82) is 0 Å². The van der Waals surface area contributed by atoms with Crippen LogP contribution >= 0.6 is 31.9 Å². The Bertz CT molecular complexity index is 483. The second kappa shape index (κ2) is 7.02. The molecule has 1 rings (SSSR count). The Hall–Kier alpha value is -0.920. The minimum absolute atomic E-state index is 0.0692. The highest BCUT2D eigenvalue weighted by Crippen LogP contribution is 2.32. The van der Waals surface area contributed by atoms with E-state index in [9.17, 15) is 9.59 Å². The van der Waals surface area contributed by atoms with Crippen molar-refractivity contribution in [2.45, 2.75) is 19.9 Å². The molecule has 0 aliphatic rings. The Balaban J connectivity index is 2.65. The molecule has 104 valence electrons. The van der Waals surface area contributed by atoms with Crippen molar-refractivity contribution < 1.29 is 14.7 Å². The monoisotopic (exact) mass is 392 g/mol. The van der Waals surface area contributed by atoms with Gasteiger partial charge < -0.3 is 10.4 Å². The number of aryl methyl sites for hydroxylation is 1. The van der Waals surface area contributed by atoms with Crippen LogP contribution in [0.1, 0.15) is 12.5 Å². The molecule has 0 aromatic heterocycles. The summed E-state index contributed by atoms with van der Waals surface area (Å²) in [5.74, 6) is -1.30. The Morgan fingerprint density at radius 1 is 1.32 bits per heavy atom. The molecule has 0 bridgehead atoms. The van der Waals surface area contributed by atoms with Crippen LogP contribution in [-0.4, -0.2) is 29.6 Å². The molecule has 7 heteroatoms. The van der Waals surface area contributed by atoms with Gasteiger partial charge >= 0.3 is 5.97 Å². The average molecular weight is 394 g/mol. The second-order valence-corrected chi connectivity index (χ2v) is 5.80. The fraction of sp³-hybridized carbons (Fsp3) is 0.333. The predicted molar refractivity (Wildman–Crippen MR) is 80.3 cm³/mol. The van der Waals surface area contributed by atoms with Crippen LogP contribution in [0.5, 0.6) is 0 Å². The van der Waals surface area contributed by atoms with Crippen LogP contribution in [0.25, 0.3) is 0 Å². The molecule has 1 aromatic carbocycles. The van der Waals surface area contributed by atoms with E-state index in [0.717, 1.165) is 14.5 Å². The van der Waals surface area contributed by atoms with Crippen molar-refractivity contribution in [1.82, 2.24) is 5.32 Å². The number of anilines is 1. The van der Waals surface area contributed by atoms with Gasteiger partial charge in [0.15, 0.2) is 0 Å². The van der Waals surface area contributed by atoms with Crippen molar-refractivity contribution >= 4 is 49.4 Å². The van der Waals surface area contributed by atoms with E-state index in [0.29, 0.717) is 5.69 Å². The summed E-state index contributed by atoms with van der Waals surface area (Å²) in [6.07, 6.45) is 0. The number of amides is 1. The first-order valence-corrected chi connectivity index (χ1v) is 7.11. The van der Waals surface area contributed by atoms with Crippen molar-refractivity contribution in [3.05, 3.63) is 26.6 Å². The SMILES string of the molecule is Cc1cc(Br)c(NC(=O)CNC(C)C(=O)O)c(Br)c1. The Kier molecular flexibility index (Phi) is 5.96. The number of aliphatic carboxylic acids is 1. The highest BCUT2D eigenvalue weighted by Gasteiger charge is 2.13. The lowest BCUT2D eigenvalue weighted by molar-refractivity contribution is -0.139. The molecule has 1 aromatic rings. The van der Waals surface area contributed by atoms with Gasteiger partial charge in [-0.25, -0.2) is 0 Å². The number of rotatable bonds is 5. The number of benzene rings is 1. The van der Waals surface area contributed by atoms with Crippen molar-refractivity contribution in [3.63, 3.8) is 0 Å². The van der Waals surface area contributed by atoms with E-state index in [-0.39, 0.29) is 12.5 Å². The fourth-order valence-electron chi connectivity index (χ4n) is 1.34. The van der Waals surface area contributed by atoms with Crippen LogP contribution in [0.15, 0.2) is 21.1 Å². The first kappa shape index (κ1) is 16.1. The normalized spacial score (nSPS) is 12.0. The highest BCUT2D eigenvalue weighted by atomic mass is 79.9. The number of carboxylic acids is 1. The summed E-state index contributed by atoms with van der Waals surface area (Å²) < 4.78 is 1.53. The molecule has 3 N–H and O–H groups in total. The lowest BCUT2D eigenvalue weighted by atomic mass is 10.2. The maximum Gasteiger partial charge on any atom is 0.320 e. The molecule has 0 aliphatic carbocycles. The lowest BCUT2D eigenvalue weighted by Crippen LogP contribution is -2.39. The molecule has 0 fully saturated rings. The Labute approximate surface area is 128 Å². The molecule has 1 unspecified atom stereocenters. The van der Waals surface area contributed by atoms with Crippen molar-refractivity contribution in [3.8, 4) is 0 Å². The highest BCUT2D eigenvalue weighted by molar-refractivity contribution is 9.11. The van der Waals surface area contributed by atoms with Gasteiger partial charge in [-0.3, -0.25) is 14.9 Å². The molecule has 1 atom stereocenters. The van der Waals surface area contributed by atoms with Crippen LogP contribution in [0, 0.1) is 6.92 Å². The summed E-state index contributed by atoms with van der Waals surface area (Å²) >= 11 is 6.74. The third kappa shape index (κ3) is 4.93. The Morgan fingerprint density at radius 2 is 1.84 bits per heavy atom. The summed E-state index contributed by atoms with van der Waals surface area (Å²) in [6, 6.07) is 3.00. The van der Waals surface area contributed by atoms with Crippen LogP contribution in [0.2, 0.25) is 0 Å². The van der Waals surface area contributed by atoms with Gasteiger partial charge in [-0.15, -0.1) is 0 Å². The maximum atomic E-state index is 11.7. The third-order valence-corrected chi connectivity index (χ3v) is 3.64. The van der Waals surface area contributed by atoms with Gasteiger partial charge in [0.05, 0.1) is 12.2 Å². The third-order valence-electron chi connectivity index (χ3n) is 2.39. The Morgan fingerprint density at radius 3 is 2.32 bits per heavy atom. The summed E-state index contributed by atoms with van der Waals surface area (Å²) in [6.45, 7) is 3.35. The number of carbonyl (C=O) groups is 2. The molecule has 1 amide bonds. The van der Waals surface area contributed by atoms with Crippen LogP contribution < -0.4 is 10.6 Å². The summed E-state index contributed by atoms with van der Waals surface area (Å²) in [5, 5.41) is 14.0. The van der Waals surface area contributed by atoms with E-state index in [1.807, 2.05) is 19.1 Å². The quantitative estimate of drug-likeness (QED) is 0.718. The first-order valence-electron chi connectivity index (χ1n) is 5.53. The van der Waals surface area contributed by atoms with Gasteiger partial charge in [-0.2, -0.15) is 0 Å². The minimum Gasteiger partial charge on any atom is -0.480 e. The van der Waals surface area contributed by atoms with E-state index in [1.54, 1.807) is 0 Å². The minimum atomic E-state index is -0.995. The van der Waals surface area contributed by atoms with Gasteiger partial charge in [-0.05, 0) is 63.4 Å². The van der Waals surface area contributed by atoms with E-state index in [4.69, 9.17) is 5.11 Å². The standard InChI is InChI=1S/C12H14Br2N2O3/c1-6-3-8(13)11(9(14)4-6)16-10(17)5-15-7(2)12(18)19/h3-4,7,15H,5H2,1-2H3,(H,16,17)(H,18,19). The molecule has 0 radical (unpaired) electrons. The van der Waals surface area contributed by atoms with E-state index >= 15 is 0 Å². The van der Waals surface area contributed by atoms with Crippen LogP contribution in [0.4, 0.5) is 5.69 Å². The van der Waals surface area contributed by atoms with Gasteiger partial charge in [0.1, 0.15) is 6.04 Å². The van der Waals surface area contributed by atoms with Gasteiger partial charge in [0.25, 0.3) is 0 Å². The largest absolute Gasteiger partial charge is 0.480 e. The molecule has 19 heavy (non-hydrogen) atoms. The van der Waals surface area contributed by atoms with Gasteiger partial charge in [-0.1, -0.05) is 0 Å². The van der Waals surface area contributed by atoms with E-state index in [1.165, 1.54) is 6.92 Å². The molecule has 0 heterocycles. The summed E-state index contributed by atoms with van der Waals surface area (Å²) in [4.78, 5) is 22.3. The average Bonchev–Trinajstić information content (AvgIpc) is 2.30. The predicted octanol–water partition coefficient (Wildman–Crippen LogP) is 2.52. The number of nitrogens with one attached hydrogen (secondary N) is 2. The molecular weight excluding hydrogens is 380 g/mol. The van der Waals surface area contributed by atoms with Gasteiger partial charge in [0, 0.05) is 8.95 Å². The van der Waals surface area contributed by atoms with E-state index in [2.05, 4.69) is 42.5 Å². The zero-order valence-electron chi connectivity index (χ0n) is 10.5. The number of hydrogen-bond acceptors (Lipinski definition) is 3. The van der Waals surface area contributed by atoms with Crippen molar-refractivity contribution in [2.24, 2.45) is 0 Å².